The van der Waals surface area contributed by atoms with Gasteiger partial charge in [0.25, 0.3) is 0 Å². The molecule has 7 nitrogen and oxygen atoms in total. The van der Waals surface area contributed by atoms with Crippen molar-refractivity contribution in [2.45, 2.75) is 82.7 Å². The van der Waals surface area contributed by atoms with Crippen molar-refractivity contribution in [3.63, 3.8) is 0 Å². The van der Waals surface area contributed by atoms with Gasteiger partial charge in [0, 0.05) is 37.8 Å². The first kappa shape index (κ1) is 23.2. The van der Waals surface area contributed by atoms with E-state index < -0.39 is 10.0 Å². The molecule has 0 radical (unpaired) electrons. The molecule has 32 heavy (non-hydrogen) atoms. The number of piperidine rings is 1. The van der Waals surface area contributed by atoms with E-state index in [0.29, 0.717) is 19.4 Å². The zero-order valence-electron chi connectivity index (χ0n) is 19.3. The number of carbonyl (C=O) groups is 2. The third-order valence-corrected chi connectivity index (χ3v) is 9.22. The molecule has 0 bridgehead atoms. The second-order valence-electron chi connectivity index (χ2n) is 9.90. The highest BCUT2D eigenvalue weighted by Crippen LogP contribution is 2.35. The lowest BCUT2D eigenvalue weighted by molar-refractivity contribution is -0.127. The number of sulfonamides is 1. The molecule has 8 heteroatoms. The Bertz CT molecular complexity index is 985. The van der Waals surface area contributed by atoms with E-state index in [9.17, 15) is 18.0 Å². The predicted molar refractivity (Wildman–Crippen MR) is 124 cm³/mol. The standard InChI is InChI=1S/C24H35N3O4S/c1-16-6-8-21(9-7-16)25-24(29)19-5-4-12-26(15-19)32(30,31)22-10-11-23-20(14-22)13-17(2)27(23)18(3)28/h10-11,14,16-17,19,21H,4-9,12-13,15H2,1-3H3,(H,25,29)/t16?,17-,19+,21?/m0/s1. The van der Waals surface area contributed by atoms with Gasteiger partial charge < -0.3 is 10.2 Å². The first-order chi connectivity index (χ1) is 15.2. The number of amides is 2. The molecule has 4 rings (SSSR count). The summed E-state index contributed by atoms with van der Waals surface area (Å²) in [7, 11) is -3.70. The van der Waals surface area contributed by atoms with E-state index in [1.165, 1.54) is 11.2 Å². The van der Waals surface area contributed by atoms with Crippen molar-refractivity contribution < 1.29 is 18.0 Å². The van der Waals surface area contributed by atoms with E-state index in [0.717, 1.165) is 49.3 Å². The molecule has 176 valence electrons. The van der Waals surface area contributed by atoms with Gasteiger partial charge in [0.1, 0.15) is 0 Å². The van der Waals surface area contributed by atoms with Gasteiger partial charge in [-0.25, -0.2) is 8.42 Å². The fraction of sp³-hybridized carbons (Fsp3) is 0.667. The van der Waals surface area contributed by atoms with Crippen LogP contribution in [0.2, 0.25) is 0 Å². The number of rotatable bonds is 4. The summed E-state index contributed by atoms with van der Waals surface area (Å²) in [5.74, 6) is 0.366. The van der Waals surface area contributed by atoms with Gasteiger partial charge in [0.05, 0.1) is 10.8 Å². The molecular formula is C24H35N3O4S. The molecular weight excluding hydrogens is 426 g/mol. The van der Waals surface area contributed by atoms with Crippen LogP contribution in [0.25, 0.3) is 0 Å². The summed E-state index contributed by atoms with van der Waals surface area (Å²) >= 11 is 0. The van der Waals surface area contributed by atoms with Gasteiger partial charge in [-0.3, -0.25) is 9.59 Å². The van der Waals surface area contributed by atoms with Gasteiger partial charge in [-0.2, -0.15) is 4.31 Å². The first-order valence-corrected chi connectivity index (χ1v) is 13.3. The highest BCUT2D eigenvalue weighted by atomic mass is 32.2. The van der Waals surface area contributed by atoms with Crippen molar-refractivity contribution in [1.29, 1.82) is 0 Å². The zero-order valence-corrected chi connectivity index (χ0v) is 20.2. The van der Waals surface area contributed by atoms with E-state index in [1.54, 1.807) is 23.1 Å². The summed E-state index contributed by atoms with van der Waals surface area (Å²) in [6.07, 6.45) is 6.32. The molecule has 3 aliphatic rings. The average molecular weight is 462 g/mol. The predicted octanol–water partition coefficient (Wildman–Crippen LogP) is 3.08. The molecule has 2 amide bonds. The number of nitrogens with one attached hydrogen (secondary N) is 1. The Morgan fingerprint density at radius 2 is 1.78 bits per heavy atom. The molecule has 0 spiro atoms. The molecule has 2 heterocycles. The second-order valence-corrected chi connectivity index (χ2v) is 11.8. The number of nitrogens with zero attached hydrogens (tertiary/aromatic N) is 2. The van der Waals surface area contributed by atoms with E-state index in [-0.39, 0.29) is 41.3 Å². The van der Waals surface area contributed by atoms with Crippen molar-refractivity contribution in [3.8, 4) is 0 Å². The Hall–Kier alpha value is -1.93. The van der Waals surface area contributed by atoms with Crippen LogP contribution in [0.15, 0.2) is 23.1 Å². The molecule has 0 aromatic heterocycles. The quantitative estimate of drug-likeness (QED) is 0.747. The molecule has 2 fully saturated rings. The Balaban J connectivity index is 1.45. The van der Waals surface area contributed by atoms with Crippen LogP contribution in [0.5, 0.6) is 0 Å². The molecule has 1 aromatic carbocycles. The maximum absolute atomic E-state index is 13.4. The van der Waals surface area contributed by atoms with Gasteiger partial charge in [-0.05, 0) is 81.5 Å². The molecule has 1 aromatic rings. The van der Waals surface area contributed by atoms with Crippen LogP contribution in [0, 0.1) is 11.8 Å². The van der Waals surface area contributed by atoms with Crippen molar-refractivity contribution in [3.05, 3.63) is 23.8 Å². The van der Waals surface area contributed by atoms with Gasteiger partial charge in [0.2, 0.25) is 21.8 Å². The fourth-order valence-electron chi connectivity index (χ4n) is 5.50. The number of fused-ring (bicyclic) bond motifs is 1. The molecule has 1 aliphatic carbocycles. The van der Waals surface area contributed by atoms with Crippen molar-refractivity contribution >= 4 is 27.5 Å². The maximum Gasteiger partial charge on any atom is 0.243 e. The number of benzene rings is 1. The Kier molecular flexibility index (Phi) is 6.63. The van der Waals surface area contributed by atoms with E-state index in [1.807, 2.05) is 6.92 Å². The molecule has 1 N–H and O–H groups in total. The third-order valence-electron chi connectivity index (χ3n) is 7.36. The van der Waals surface area contributed by atoms with Gasteiger partial charge in [-0.15, -0.1) is 0 Å². The topological polar surface area (TPSA) is 86.8 Å². The van der Waals surface area contributed by atoms with E-state index >= 15 is 0 Å². The summed E-state index contributed by atoms with van der Waals surface area (Å²) in [4.78, 5) is 26.8. The van der Waals surface area contributed by atoms with Crippen molar-refractivity contribution in [2.75, 3.05) is 18.0 Å². The summed E-state index contributed by atoms with van der Waals surface area (Å²) in [6, 6.07) is 5.28. The first-order valence-electron chi connectivity index (χ1n) is 11.9. The van der Waals surface area contributed by atoms with Crippen molar-refractivity contribution in [2.24, 2.45) is 11.8 Å². The minimum absolute atomic E-state index is 0.00988. The summed E-state index contributed by atoms with van der Waals surface area (Å²) in [5, 5.41) is 3.18. The molecule has 0 unspecified atom stereocenters. The monoisotopic (exact) mass is 461 g/mol. The van der Waals surface area contributed by atoms with E-state index in [4.69, 9.17) is 0 Å². The minimum atomic E-state index is -3.70. The third kappa shape index (κ3) is 4.57. The van der Waals surface area contributed by atoms with Crippen LogP contribution < -0.4 is 10.2 Å². The van der Waals surface area contributed by atoms with Crippen LogP contribution in [-0.2, 0) is 26.0 Å². The van der Waals surface area contributed by atoms with Gasteiger partial charge in [-0.1, -0.05) is 6.92 Å². The van der Waals surface area contributed by atoms with Gasteiger partial charge >= 0.3 is 0 Å². The fourth-order valence-corrected chi connectivity index (χ4v) is 7.07. The summed E-state index contributed by atoms with van der Waals surface area (Å²) < 4.78 is 28.2. The largest absolute Gasteiger partial charge is 0.353 e. The lowest BCUT2D eigenvalue weighted by atomic mass is 9.87. The summed E-state index contributed by atoms with van der Waals surface area (Å²) in [6.45, 7) is 6.41. The second kappa shape index (κ2) is 9.14. The van der Waals surface area contributed by atoms with Crippen LogP contribution in [0.1, 0.15) is 64.9 Å². The number of anilines is 1. The van der Waals surface area contributed by atoms with E-state index in [2.05, 4.69) is 12.2 Å². The smallest absolute Gasteiger partial charge is 0.243 e. The Morgan fingerprint density at radius 3 is 2.47 bits per heavy atom. The Labute approximate surface area is 191 Å². The number of hydrogen-bond acceptors (Lipinski definition) is 4. The normalized spacial score (nSPS) is 28.9. The molecule has 2 aliphatic heterocycles. The van der Waals surface area contributed by atoms with Crippen LogP contribution in [-0.4, -0.2) is 49.7 Å². The minimum Gasteiger partial charge on any atom is -0.353 e. The maximum atomic E-state index is 13.4. The Morgan fingerprint density at radius 1 is 1.06 bits per heavy atom. The molecule has 2 atom stereocenters. The lowest BCUT2D eigenvalue weighted by Gasteiger charge is -2.33. The summed E-state index contributed by atoms with van der Waals surface area (Å²) in [5.41, 5.74) is 1.67. The lowest BCUT2D eigenvalue weighted by Crippen LogP contribution is -2.48. The highest BCUT2D eigenvalue weighted by molar-refractivity contribution is 7.89. The van der Waals surface area contributed by atoms with Crippen molar-refractivity contribution in [1.82, 2.24) is 9.62 Å². The van der Waals surface area contributed by atoms with Crippen LogP contribution in [0.4, 0.5) is 5.69 Å². The SMILES string of the molecule is CC(=O)N1c2ccc(S(=O)(=O)N3CCC[C@@H](C(=O)NC4CCC(C)CC4)C3)cc2C[C@@H]1C. The highest BCUT2D eigenvalue weighted by Gasteiger charge is 2.36. The zero-order chi connectivity index (χ0) is 23.0. The van der Waals surface area contributed by atoms with Gasteiger partial charge in [0.15, 0.2) is 0 Å². The number of hydrogen-bond donors (Lipinski definition) is 1. The average Bonchev–Trinajstić information content (AvgIpc) is 3.10. The molecule has 1 saturated carbocycles. The van der Waals surface area contributed by atoms with Crippen LogP contribution in [0.3, 0.4) is 0 Å². The van der Waals surface area contributed by atoms with Crippen LogP contribution >= 0.6 is 0 Å². The number of carbonyl (C=O) groups excluding carboxylic acids is 2. The molecule has 1 saturated heterocycles.